The quantitative estimate of drug-likeness (QED) is 0.304. The van der Waals surface area contributed by atoms with Crippen LogP contribution in [0.25, 0.3) is 10.9 Å². The van der Waals surface area contributed by atoms with Crippen molar-refractivity contribution >= 4 is 34.1 Å². The van der Waals surface area contributed by atoms with E-state index in [4.69, 9.17) is 32.7 Å². The number of fused-ring (bicyclic) bond motifs is 2. The Hall–Kier alpha value is -2.66. The van der Waals surface area contributed by atoms with Gasteiger partial charge in [-0.15, -0.1) is 0 Å². The third-order valence-electron chi connectivity index (χ3n) is 5.68. The van der Waals surface area contributed by atoms with Crippen LogP contribution in [0.4, 0.5) is 0 Å². The van der Waals surface area contributed by atoms with Gasteiger partial charge in [-0.2, -0.15) is 0 Å². The first-order valence-corrected chi connectivity index (χ1v) is 12.0. The Morgan fingerprint density at radius 1 is 0.939 bits per heavy atom. The smallest absolute Gasteiger partial charge is 0.231 e. The van der Waals surface area contributed by atoms with Crippen molar-refractivity contribution in [2.45, 2.75) is 33.4 Å². The lowest BCUT2D eigenvalue weighted by molar-refractivity contribution is 0.173. The van der Waals surface area contributed by atoms with Gasteiger partial charge in [0, 0.05) is 39.3 Å². The predicted octanol–water partition coefficient (Wildman–Crippen LogP) is 7.84. The Kier molecular flexibility index (Phi) is 7.49. The van der Waals surface area contributed by atoms with E-state index in [1.807, 2.05) is 50.2 Å². The van der Waals surface area contributed by atoms with Crippen LogP contribution in [0.2, 0.25) is 10.0 Å². The van der Waals surface area contributed by atoms with Crippen molar-refractivity contribution < 1.29 is 9.47 Å². The van der Waals surface area contributed by atoms with E-state index in [9.17, 15) is 0 Å². The third kappa shape index (κ3) is 4.98. The number of hydrogen-bond donors (Lipinski definition) is 1. The molecule has 2 heterocycles. The minimum absolute atomic E-state index is 0.0987. The lowest BCUT2D eigenvalue weighted by Gasteiger charge is -2.31. The number of rotatable bonds is 6. The molecule has 0 saturated heterocycles. The molecule has 0 spiro atoms. The summed E-state index contributed by atoms with van der Waals surface area (Å²) >= 11 is 13.0. The highest BCUT2D eigenvalue weighted by Gasteiger charge is 2.28. The summed E-state index contributed by atoms with van der Waals surface area (Å²) in [7, 11) is 0. The number of H-pyrrole nitrogens is 1. The molecule has 4 aromatic rings. The molecule has 3 aromatic carbocycles. The van der Waals surface area contributed by atoms with Gasteiger partial charge in [0.05, 0.1) is 6.04 Å². The highest BCUT2D eigenvalue weighted by atomic mass is 35.5. The molecule has 0 amide bonds. The van der Waals surface area contributed by atoms with E-state index >= 15 is 0 Å². The average molecular weight is 483 g/mol. The molecule has 4 nitrogen and oxygen atoms in total. The second kappa shape index (κ2) is 10.5. The fourth-order valence-corrected chi connectivity index (χ4v) is 4.62. The van der Waals surface area contributed by atoms with Crippen molar-refractivity contribution in [3.05, 3.63) is 93.6 Å². The van der Waals surface area contributed by atoms with E-state index < -0.39 is 0 Å². The van der Waals surface area contributed by atoms with E-state index in [1.165, 1.54) is 5.56 Å². The van der Waals surface area contributed by atoms with Crippen molar-refractivity contribution in [3.63, 3.8) is 0 Å². The molecular formula is C27H28Cl2N2O2. The van der Waals surface area contributed by atoms with Crippen molar-refractivity contribution in [3.8, 4) is 11.5 Å². The number of ether oxygens (including phenoxy) is 2. The SMILES string of the molecule is CC.CCN(Cc1ccccc1)C(c1cc2cc(Cl)ccc2[nH]1)c1cc2c(cc1Cl)OCO2. The zero-order chi connectivity index (χ0) is 23.4. The molecule has 6 heteroatoms. The van der Waals surface area contributed by atoms with E-state index in [2.05, 4.69) is 47.1 Å². The van der Waals surface area contributed by atoms with Gasteiger partial charge in [0.15, 0.2) is 11.5 Å². The molecule has 1 atom stereocenters. The summed E-state index contributed by atoms with van der Waals surface area (Å²) < 4.78 is 11.2. The first kappa shape index (κ1) is 23.5. The lowest BCUT2D eigenvalue weighted by atomic mass is 10.00. The van der Waals surface area contributed by atoms with Crippen molar-refractivity contribution in [2.75, 3.05) is 13.3 Å². The molecule has 33 heavy (non-hydrogen) atoms. The Bertz CT molecular complexity index is 1220. The van der Waals surface area contributed by atoms with Crippen molar-refractivity contribution in [1.29, 1.82) is 0 Å². The molecule has 0 bridgehead atoms. The molecule has 172 valence electrons. The monoisotopic (exact) mass is 482 g/mol. The van der Waals surface area contributed by atoms with Crippen LogP contribution in [0.15, 0.2) is 66.7 Å². The van der Waals surface area contributed by atoms with Gasteiger partial charge in [0.25, 0.3) is 0 Å². The van der Waals surface area contributed by atoms with E-state index in [0.29, 0.717) is 15.8 Å². The summed E-state index contributed by atoms with van der Waals surface area (Å²) in [5.74, 6) is 1.40. The van der Waals surface area contributed by atoms with Crippen LogP contribution >= 0.6 is 23.2 Å². The molecule has 1 unspecified atom stereocenters. The van der Waals surface area contributed by atoms with Crippen LogP contribution in [0, 0.1) is 0 Å². The fourth-order valence-electron chi connectivity index (χ4n) is 4.18. The average Bonchev–Trinajstić information content (AvgIpc) is 3.46. The Morgan fingerprint density at radius 2 is 1.67 bits per heavy atom. The van der Waals surface area contributed by atoms with Gasteiger partial charge in [-0.05, 0) is 48.0 Å². The molecule has 1 aliphatic rings. The number of halogens is 2. The number of aromatic amines is 1. The Labute approximate surface area is 205 Å². The summed E-state index contributed by atoms with van der Waals surface area (Å²) in [5.41, 5.74) is 4.31. The second-order valence-electron chi connectivity index (χ2n) is 7.63. The van der Waals surface area contributed by atoms with Crippen LogP contribution in [0.1, 0.15) is 43.6 Å². The molecule has 0 saturated carbocycles. The summed E-state index contributed by atoms with van der Waals surface area (Å²) in [6.45, 7) is 7.99. The zero-order valence-corrected chi connectivity index (χ0v) is 20.6. The predicted molar refractivity (Wildman–Crippen MR) is 137 cm³/mol. The summed E-state index contributed by atoms with van der Waals surface area (Å²) in [6.07, 6.45) is 0. The third-order valence-corrected chi connectivity index (χ3v) is 6.25. The number of aromatic nitrogens is 1. The van der Waals surface area contributed by atoms with Crippen molar-refractivity contribution in [2.24, 2.45) is 0 Å². The van der Waals surface area contributed by atoms with Gasteiger partial charge in [-0.3, -0.25) is 4.90 Å². The van der Waals surface area contributed by atoms with E-state index in [0.717, 1.165) is 41.0 Å². The topological polar surface area (TPSA) is 37.5 Å². The highest BCUT2D eigenvalue weighted by molar-refractivity contribution is 6.32. The zero-order valence-electron chi connectivity index (χ0n) is 19.1. The maximum absolute atomic E-state index is 6.78. The molecule has 1 N–H and O–H groups in total. The summed E-state index contributed by atoms with van der Waals surface area (Å²) in [6, 6.07) is 22.2. The minimum atomic E-state index is -0.0987. The molecule has 0 radical (unpaired) electrons. The van der Waals surface area contributed by atoms with E-state index in [-0.39, 0.29) is 12.8 Å². The van der Waals surface area contributed by atoms with Crippen molar-refractivity contribution in [1.82, 2.24) is 9.88 Å². The van der Waals surface area contributed by atoms with Gasteiger partial charge in [0.2, 0.25) is 6.79 Å². The van der Waals surface area contributed by atoms with Crippen LogP contribution in [0.3, 0.4) is 0 Å². The van der Waals surface area contributed by atoms with Crippen LogP contribution in [-0.2, 0) is 6.54 Å². The second-order valence-corrected chi connectivity index (χ2v) is 8.48. The molecule has 1 aromatic heterocycles. The van der Waals surface area contributed by atoms with Gasteiger partial charge in [0.1, 0.15) is 0 Å². The molecule has 0 fully saturated rings. The largest absolute Gasteiger partial charge is 0.454 e. The molecule has 5 rings (SSSR count). The van der Waals surface area contributed by atoms with Gasteiger partial charge < -0.3 is 14.5 Å². The number of benzene rings is 3. The lowest BCUT2D eigenvalue weighted by Crippen LogP contribution is -2.29. The molecular weight excluding hydrogens is 455 g/mol. The standard InChI is InChI=1S/C25H22Cl2N2O2.C2H6/c1-2-29(14-16-6-4-3-5-7-16)25(19-12-23-24(13-20(19)27)31-15-30-23)22-11-17-10-18(26)8-9-21(17)28-22;1-2/h3-13,25,28H,2,14-15H2,1H3;1-2H3. The number of nitrogens with zero attached hydrogens (tertiary/aromatic N) is 1. The first-order valence-electron chi connectivity index (χ1n) is 11.3. The first-order chi connectivity index (χ1) is 16.1. The Morgan fingerprint density at radius 3 is 2.39 bits per heavy atom. The van der Waals surface area contributed by atoms with Gasteiger partial charge in [-0.25, -0.2) is 0 Å². The fraction of sp³-hybridized carbons (Fsp3) is 0.259. The molecule has 0 aliphatic carbocycles. The van der Waals surface area contributed by atoms with Gasteiger partial charge >= 0.3 is 0 Å². The molecule has 1 aliphatic heterocycles. The normalized spacial score (nSPS) is 13.2. The maximum Gasteiger partial charge on any atom is 0.231 e. The van der Waals surface area contributed by atoms with Crippen LogP contribution in [-0.4, -0.2) is 23.2 Å². The summed E-state index contributed by atoms with van der Waals surface area (Å²) in [5, 5.41) is 2.44. The summed E-state index contributed by atoms with van der Waals surface area (Å²) in [4.78, 5) is 5.98. The van der Waals surface area contributed by atoms with E-state index in [1.54, 1.807) is 0 Å². The maximum atomic E-state index is 6.78. The van der Waals surface area contributed by atoms with Gasteiger partial charge in [-0.1, -0.05) is 74.3 Å². The number of nitrogens with one attached hydrogen (secondary N) is 1. The number of hydrogen-bond acceptors (Lipinski definition) is 3. The highest BCUT2D eigenvalue weighted by Crippen LogP contribution is 2.43. The Balaban J connectivity index is 0.00000126. The minimum Gasteiger partial charge on any atom is -0.454 e. The van der Waals surface area contributed by atoms with Crippen LogP contribution < -0.4 is 9.47 Å². The van der Waals surface area contributed by atoms with Crippen LogP contribution in [0.5, 0.6) is 11.5 Å².